The summed E-state index contributed by atoms with van der Waals surface area (Å²) < 4.78 is 5.77. The van der Waals surface area contributed by atoms with Crippen molar-refractivity contribution in [2.24, 2.45) is 0 Å². The Morgan fingerprint density at radius 3 is 2.83 bits per heavy atom. The molecule has 0 bridgehead atoms. The van der Waals surface area contributed by atoms with E-state index in [2.05, 4.69) is 16.9 Å². The minimum Gasteiger partial charge on any atom is -0.441 e. The zero-order chi connectivity index (χ0) is 16.6. The average Bonchev–Trinajstić information content (AvgIpc) is 2.91. The third kappa shape index (κ3) is 2.99. The second-order valence-electron chi connectivity index (χ2n) is 7.60. The summed E-state index contributed by atoms with van der Waals surface area (Å²) in [6, 6.07) is 0. The average molecular weight is 330 g/mol. The Morgan fingerprint density at radius 2 is 2.04 bits per heavy atom. The van der Waals surface area contributed by atoms with Crippen molar-refractivity contribution in [3.63, 3.8) is 0 Å². The van der Waals surface area contributed by atoms with Crippen LogP contribution < -0.4 is 4.90 Å². The highest BCUT2D eigenvalue weighted by atomic mass is 16.6. The lowest BCUT2D eigenvalue weighted by molar-refractivity contribution is 0.0260. The monoisotopic (exact) mass is 330 g/mol. The molecule has 0 radical (unpaired) electrons. The van der Waals surface area contributed by atoms with Crippen LogP contribution >= 0.6 is 0 Å². The molecule has 1 aliphatic carbocycles. The van der Waals surface area contributed by atoms with Crippen molar-refractivity contribution in [3.05, 3.63) is 18.1 Å². The molecule has 3 heterocycles. The molecule has 24 heavy (non-hydrogen) atoms. The molecule has 3 aliphatic rings. The molecule has 1 aromatic rings. The highest BCUT2D eigenvalue weighted by Gasteiger charge is 2.46. The Bertz CT molecular complexity index is 615. The Kier molecular flexibility index (Phi) is 4.16. The van der Waals surface area contributed by atoms with Gasteiger partial charge in [0.2, 0.25) is 0 Å². The van der Waals surface area contributed by atoms with Gasteiger partial charge in [-0.25, -0.2) is 9.78 Å². The number of nitrogens with zero attached hydrogens (tertiary/aromatic N) is 4. The summed E-state index contributed by atoms with van der Waals surface area (Å²) in [7, 11) is 2.15. The lowest BCUT2D eigenvalue weighted by atomic mass is 9.85. The van der Waals surface area contributed by atoms with E-state index in [0.717, 1.165) is 50.9 Å². The molecule has 2 saturated heterocycles. The van der Waals surface area contributed by atoms with Crippen molar-refractivity contribution in [2.75, 3.05) is 31.6 Å². The molecule has 6 heteroatoms. The van der Waals surface area contributed by atoms with E-state index in [0.29, 0.717) is 18.3 Å². The number of anilines is 1. The fourth-order valence-electron chi connectivity index (χ4n) is 4.36. The van der Waals surface area contributed by atoms with Crippen molar-refractivity contribution in [1.82, 2.24) is 14.9 Å². The molecule has 1 spiro atoms. The summed E-state index contributed by atoms with van der Waals surface area (Å²) in [6.07, 6.45) is 11.1. The number of piperidine rings is 1. The molecule has 1 atom stereocenters. The topological polar surface area (TPSA) is 58.6 Å². The first kappa shape index (κ1) is 15.8. The molecular formula is C18H26N4O2. The van der Waals surface area contributed by atoms with Crippen LogP contribution in [0.1, 0.15) is 56.6 Å². The van der Waals surface area contributed by atoms with Crippen LogP contribution in [0.3, 0.4) is 0 Å². The molecular weight excluding hydrogens is 304 g/mol. The predicted molar refractivity (Wildman–Crippen MR) is 91.1 cm³/mol. The van der Waals surface area contributed by atoms with Crippen LogP contribution in [0.4, 0.5) is 10.6 Å². The molecule has 0 N–H and O–H groups in total. The second kappa shape index (κ2) is 6.31. The summed E-state index contributed by atoms with van der Waals surface area (Å²) in [4.78, 5) is 25.6. The van der Waals surface area contributed by atoms with Gasteiger partial charge in [0.05, 0.1) is 18.4 Å². The van der Waals surface area contributed by atoms with Gasteiger partial charge in [0.1, 0.15) is 5.60 Å². The Balaban J connectivity index is 1.54. The van der Waals surface area contributed by atoms with E-state index in [1.807, 2.05) is 6.20 Å². The van der Waals surface area contributed by atoms with Gasteiger partial charge < -0.3 is 9.64 Å². The molecule has 6 nitrogen and oxygen atoms in total. The first-order chi connectivity index (χ1) is 11.7. The number of carbonyl (C=O) groups excluding carboxylic acids is 1. The Labute approximate surface area is 143 Å². The lowest BCUT2D eigenvalue weighted by Gasteiger charge is -2.30. The molecule has 4 rings (SSSR count). The van der Waals surface area contributed by atoms with Crippen LogP contribution in [-0.2, 0) is 4.74 Å². The molecule has 3 fully saturated rings. The third-order valence-electron chi connectivity index (χ3n) is 5.70. The number of likely N-dealkylation sites (N-methyl/N-ethyl adjacent to an activating group) is 1. The Hall–Kier alpha value is -1.69. The van der Waals surface area contributed by atoms with E-state index < -0.39 is 0 Å². The second-order valence-corrected chi connectivity index (χ2v) is 7.60. The van der Waals surface area contributed by atoms with Gasteiger partial charge in [-0.15, -0.1) is 0 Å². The number of ether oxygens (including phenoxy) is 1. The van der Waals surface area contributed by atoms with Crippen molar-refractivity contribution in [3.8, 4) is 0 Å². The fraction of sp³-hybridized carbons (Fsp3) is 0.722. The zero-order valence-electron chi connectivity index (χ0n) is 14.4. The van der Waals surface area contributed by atoms with Crippen LogP contribution in [0, 0.1) is 0 Å². The zero-order valence-corrected chi connectivity index (χ0v) is 14.4. The SMILES string of the molecule is CN1CCC[C@@H](c2cncc(N3CC4(CCCCC4)OC3=O)n2)C1. The Morgan fingerprint density at radius 1 is 1.21 bits per heavy atom. The number of aromatic nitrogens is 2. The van der Waals surface area contributed by atoms with Crippen LogP contribution in [0.25, 0.3) is 0 Å². The van der Waals surface area contributed by atoms with Crippen molar-refractivity contribution >= 4 is 11.9 Å². The van der Waals surface area contributed by atoms with Gasteiger partial charge in [-0.3, -0.25) is 9.88 Å². The van der Waals surface area contributed by atoms with Crippen molar-refractivity contribution in [2.45, 2.75) is 56.5 Å². The van der Waals surface area contributed by atoms with E-state index >= 15 is 0 Å². The molecule has 0 unspecified atom stereocenters. The molecule has 1 amide bonds. The molecule has 2 aliphatic heterocycles. The summed E-state index contributed by atoms with van der Waals surface area (Å²) in [6.45, 7) is 2.77. The minimum atomic E-state index is -0.294. The third-order valence-corrected chi connectivity index (χ3v) is 5.70. The van der Waals surface area contributed by atoms with Gasteiger partial charge in [-0.2, -0.15) is 0 Å². The van der Waals surface area contributed by atoms with Crippen LogP contribution in [-0.4, -0.2) is 53.2 Å². The van der Waals surface area contributed by atoms with Crippen LogP contribution in [0.2, 0.25) is 0 Å². The number of hydrogen-bond donors (Lipinski definition) is 0. The van der Waals surface area contributed by atoms with Crippen molar-refractivity contribution < 1.29 is 9.53 Å². The quantitative estimate of drug-likeness (QED) is 0.834. The maximum atomic E-state index is 12.4. The summed E-state index contributed by atoms with van der Waals surface area (Å²) in [5, 5.41) is 0. The van der Waals surface area contributed by atoms with Gasteiger partial charge in [0.25, 0.3) is 0 Å². The molecule has 1 aromatic heterocycles. The fourth-order valence-corrected chi connectivity index (χ4v) is 4.36. The summed E-state index contributed by atoms with van der Waals surface area (Å²) >= 11 is 0. The standard InChI is InChI=1S/C18H26N4O2/c1-21-9-5-6-14(12-21)15-10-19-11-16(20-15)22-13-18(24-17(22)23)7-3-2-4-8-18/h10-11,14H,2-9,12-13H2,1H3/t14-/m1/s1. The van der Waals surface area contributed by atoms with Crippen LogP contribution in [0.15, 0.2) is 12.4 Å². The van der Waals surface area contributed by atoms with E-state index in [-0.39, 0.29) is 11.7 Å². The van der Waals surface area contributed by atoms with E-state index in [4.69, 9.17) is 9.72 Å². The van der Waals surface area contributed by atoms with Gasteiger partial charge in [0.15, 0.2) is 5.82 Å². The maximum Gasteiger partial charge on any atom is 0.416 e. The van der Waals surface area contributed by atoms with Gasteiger partial charge in [0, 0.05) is 18.7 Å². The number of hydrogen-bond acceptors (Lipinski definition) is 5. The van der Waals surface area contributed by atoms with E-state index in [9.17, 15) is 4.79 Å². The highest BCUT2D eigenvalue weighted by Crippen LogP contribution is 2.38. The number of amides is 1. The molecule has 1 saturated carbocycles. The van der Waals surface area contributed by atoms with Gasteiger partial charge in [-0.05, 0) is 52.1 Å². The summed E-state index contributed by atoms with van der Waals surface area (Å²) in [5.74, 6) is 1.05. The van der Waals surface area contributed by atoms with E-state index in [1.165, 1.54) is 12.8 Å². The highest BCUT2D eigenvalue weighted by molar-refractivity contribution is 5.89. The predicted octanol–water partition coefficient (Wildman–Crippen LogP) is 2.95. The van der Waals surface area contributed by atoms with Crippen molar-refractivity contribution in [1.29, 1.82) is 0 Å². The normalized spacial score (nSPS) is 27.5. The van der Waals surface area contributed by atoms with Gasteiger partial charge in [-0.1, -0.05) is 6.42 Å². The van der Waals surface area contributed by atoms with Gasteiger partial charge >= 0.3 is 6.09 Å². The lowest BCUT2D eigenvalue weighted by Crippen LogP contribution is -2.37. The minimum absolute atomic E-state index is 0.260. The molecule has 0 aromatic carbocycles. The first-order valence-electron chi connectivity index (χ1n) is 9.16. The first-order valence-corrected chi connectivity index (χ1v) is 9.16. The summed E-state index contributed by atoms with van der Waals surface area (Å²) in [5.41, 5.74) is 0.703. The number of carbonyl (C=O) groups is 1. The maximum absolute atomic E-state index is 12.4. The van der Waals surface area contributed by atoms with Crippen LogP contribution in [0.5, 0.6) is 0 Å². The van der Waals surface area contributed by atoms with E-state index in [1.54, 1.807) is 11.1 Å². The smallest absolute Gasteiger partial charge is 0.416 e. The number of rotatable bonds is 2. The largest absolute Gasteiger partial charge is 0.441 e. The molecule has 130 valence electrons. The number of likely N-dealkylation sites (tertiary alicyclic amines) is 1.